The van der Waals surface area contributed by atoms with Crippen molar-refractivity contribution in [3.05, 3.63) is 112 Å². The molecular formula is C36H36S. The Morgan fingerprint density at radius 1 is 0.595 bits per heavy atom. The molecule has 186 valence electrons. The van der Waals surface area contributed by atoms with Crippen molar-refractivity contribution in [2.75, 3.05) is 5.75 Å². The van der Waals surface area contributed by atoms with Crippen LogP contribution in [-0.2, 0) is 12.8 Å². The van der Waals surface area contributed by atoms with Gasteiger partial charge in [0.15, 0.2) is 0 Å². The molecule has 0 unspecified atom stereocenters. The summed E-state index contributed by atoms with van der Waals surface area (Å²) < 4.78 is 0. The normalized spacial score (nSPS) is 10.5. The molecule has 0 saturated heterocycles. The highest BCUT2D eigenvalue weighted by Crippen LogP contribution is 2.25. The lowest BCUT2D eigenvalue weighted by atomic mass is 10.0. The van der Waals surface area contributed by atoms with Crippen molar-refractivity contribution >= 4 is 22.5 Å². The summed E-state index contributed by atoms with van der Waals surface area (Å²) in [6, 6.07) is 28.3. The minimum absolute atomic E-state index is 0.932. The maximum absolute atomic E-state index is 3.41. The molecule has 0 aliphatic heterocycles. The number of hydrogen-bond acceptors (Lipinski definition) is 1. The number of hydrogen-bond donors (Lipinski definition) is 0. The summed E-state index contributed by atoms with van der Waals surface area (Å²) in [5.74, 6) is 14.6. The maximum atomic E-state index is 3.41. The van der Waals surface area contributed by atoms with Gasteiger partial charge in [-0.15, -0.1) is 11.8 Å². The smallest absolute Gasteiger partial charge is 0.0281 e. The SMILES string of the molecule is CCCCSc1ccc2cc(C#Cc3ccc(C#Cc4ccc(CCCC)cc4)cc3CC)ccc2c1. The Morgan fingerprint density at radius 3 is 2.03 bits per heavy atom. The number of rotatable bonds is 8. The molecule has 0 spiro atoms. The van der Waals surface area contributed by atoms with E-state index < -0.39 is 0 Å². The fourth-order valence-electron chi connectivity index (χ4n) is 4.23. The van der Waals surface area contributed by atoms with Gasteiger partial charge in [-0.2, -0.15) is 0 Å². The molecule has 0 fully saturated rings. The van der Waals surface area contributed by atoms with Gasteiger partial charge in [0.25, 0.3) is 0 Å². The predicted octanol–water partition coefficient (Wildman–Crippen LogP) is 9.44. The van der Waals surface area contributed by atoms with Gasteiger partial charge in [-0.1, -0.05) is 81.6 Å². The van der Waals surface area contributed by atoms with Crippen LogP contribution in [0.25, 0.3) is 10.8 Å². The Hall–Kier alpha value is -3.39. The molecule has 0 atom stereocenters. The first-order valence-corrected chi connectivity index (χ1v) is 14.6. The number of unbranched alkanes of at least 4 members (excludes halogenated alkanes) is 2. The Balaban J connectivity index is 1.47. The van der Waals surface area contributed by atoms with Crippen LogP contribution < -0.4 is 0 Å². The van der Waals surface area contributed by atoms with E-state index >= 15 is 0 Å². The van der Waals surface area contributed by atoms with E-state index in [0.717, 1.165) is 35.1 Å². The van der Waals surface area contributed by atoms with Crippen LogP contribution in [0.3, 0.4) is 0 Å². The highest BCUT2D eigenvalue weighted by atomic mass is 32.2. The lowest BCUT2D eigenvalue weighted by Crippen LogP contribution is -1.90. The quantitative estimate of drug-likeness (QED) is 0.132. The van der Waals surface area contributed by atoms with E-state index in [0.29, 0.717) is 0 Å². The van der Waals surface area contributed by atoms with E-state index in [1.165, 1.54) is 58.2 Å². The van der Waals surface area contributed by atoms with Crippen LogP contribution >= 0.6 is 11.8 Å². The zero-order valence-electron chi connectivity index (χ0n) is 22.4. The second-order valence-electron chi connectivity index (χ2n) is 9.45. The molecule has 0 radical (unpaired) electrons. The van der Waals surface area contributed by atoms with Gasteiger partial charge in [0.2, 0.25) is 0 Å². The zero-order valence-corrected chi connectivity index (χ0v) is 23.2. The van der Waals surface area contributed by atoms with Gasteiger partial charge in [0, 0.05) is 27.1 Å². The van der Waals surface area contributed by atoms with Crippen LogP contribution in [0.5, 0.6) is 0 Å². The lowest BCUT2D eigenvalue weighted by molar-refractivity contribution is 0.795. The first kappa shape index (κ1) is 26.7. The predicted molar refractivity (Wildman–Crippen MR) is 162 cm³/mol. The molecule has 0 aliphatic rings. The van der Waals surface area contributed by atoms with Crippen molar-refractivity contribution in [1.29, 1.82) is 0 Å². The molecule has 1 heteroatoms. The largest absolute Gasteiger partial charge is 0.126 e. The molecule has 0 saturated carbocycles. The van der Waals surface area contributed by atoms with E-state index in [4.69, 9.17) is 0 Å². The minimum Gasteiger partial charge on any atom is -0.126 e. The third-order valence-corrected chi connectivity index (χ3v) is 7.61. The molecule has 4 aromatic carbocycles. The first-order valence-electron chi connectivity index (χ1n) is 13.6. The van der Waals surface area contributed by atoms with Gasteiger partial charge >= 0.3 is 0 Å². The van der Waals surface area contributed by atoms with E-state index in [1.54, 1.807) is 0 Å². The molecule has 0 nitrogen and oxygen atoms in total. The van der Waals surface area contributed by atoms with E-state index in [1.807, 2.05) is 11.8 Å². The Morgan fingerprint density at radius 2 is 1.24 bits per heavy atom. The van der Waals surface area contributed by atoms with Gasteiger partial charge in [0.05, 0.1) is 0 Å². The van der Waals surface area contributed by atoms with E-state index in [9.17, 15) is 0 Å². The fraction of sp³-hybridized carbons (Fsp3) is 0.278. The van der Waals surface area contributed by atoms with Crippen LogP contribution in [0.15, 0.2) is 83.8 Å². The van der Waals surface area contributed by atoms with Crippen LogP contribution in [0.2, 0.25) is 0 Å². The molecule has 4 rings (SSSR count). The van der Waals surface area contributed by atoms with Crippen molar-refractivity contribution < 1.29 is 0 Å². The average Bonchev–Trinajstić information content (AvgIpc) is 2.94. The van der Waals surface area contributed by atoms with Gasteiger partial charge in [-0.05, 0) is 108 Å². The first-order chi connectivity index (χ1) is 18.2. The minimum atomic E-state index is 0.932. The second kappa shape index (κ2) is 13.8. The lowest BCUT2D eigenvalue weighted by Gasteiger charge is -2.04. The number of benzene rings is 4. The standard InChI is InChI=1S/C36H36S/c1-4-7-9-28-10-12-29(13-11-28)14-15-30-16-19-33(32(6-3)25-30)20-17-31-18-21-35-27-36(37-24-8-5-2)23-22-34(35)26-31/h10-13,16,18-19,21-23,25-27H,4-9,24H2,1-3H3. The molecule has 0 amide bonds. The average molecular weight is 501 g/mol. The summed E-state index contributed by atoms with van der Waals surface area (Å²) in [4.78, 5) is 1.35. The molecule has 0 bridgehead atoms. The molecule has 4 aromatic rings. The molecule has 0 aromatic heterocycles. The summed E-state index contributed by atoms with van der Waals surface area (Å²) in [5.41, 5.74) is 6.86. The van der Waals surface area contributed by atoms with Crippen LogP contribution in [-0.4, -0.2) is 5.75 Å². The molecular weight excluding hydrogens is 464 g/mol. The van der Waals surface area contributed by atoms with Crippen molar-refractivity contribution in [3.8, 4) is 23.7 Å². The Labute approximate surface area is 227 Å². The van der Waals surface area contributed by atoms with Gasteiger partial charge < -0.3 is 0 Å². The van der Waals surface area contributed by atoms with Crippen LogP contribution in [0.1, 0.15) is 79.8 Å². The van der Waals surface area contributed by atoms with Crippen molar-refractivity contribution in [2.24, 2.45) is 0 Å². The number of thioether (sulfide) groups is 1. The maximum Gasteiger partial charge on any atom is 0.0281 e. The van der Waals surface area contributed by atoms with E-state index in [-0.39, 0.29) is 0 Å². The summed E-state index contributed by atoms with van der Waals surface area (Å²) in [6.45, 7) is 6.65. The fourth-order valence-corrected chi connectivity index (χ4v) is 5.27. The Kier molecular flexibility index (Phi) is 9.94. The van der Waals surface area contributed by atoms with Crippen LogP contribution in [0.4, 0.5) is 0 Å². The highest BCUT2D eigenvalue weighted by molar-refractivity contribution is 7.99. The third-order valence-electron chi connectivity index (χ3n) is 6.53. The van der Waals surface area contributed by atoms with Crippen molar-refractivity contribution in [1.82, 2.24) is 0 Å². The number of fused-ring (bicyclic) bond motifs is 1. The second-order valence-corrected chi connectivity index (χ2v) is 10.6. The molecule has 0 aliphatic carbocycles. The highest BCUT2D eigenvalue weighted by Gasteiger charge is 2.01. The van der Waals surface area contributed by atoms with E-state index in [2.05, 4.69) is 123 Å². The monoisotopic (exact) mass is 500 g/mol. The summed E-state index contributed by atoms with van der Waals surface area (Å²) in [6.07, 6.45) is 7.04. The molecule has 0 heterocycles. The zero-order chi connectivity index (χ0) is 25.9. The van der Waals surface area contributed by atoms with Crippen LogP contribution in [0, 0.1) is 23.7 Å². The Bertz CT molecular complexity index is 1450. The van der Waals surface area contributed by atoms with Crippen molar-refractivity contribution in [2.45, 2.75) is 64.2 Å². The van der Waals surface area contributed by atoms with Gasteiger partial charge in [-0.25, -0.2) is 0 Å². The summed E-state index contributed by atoms with van der Waals surface area (Å²) >= 11 is 1.94. The summed E-state index contributed by atoms with van der Waals surface area (Å²) in [5, 5.41) is 2.52. The third kappa shape index (κ3) is 7.79. The topological polar surface area (TPSA) is 0 Å². The molecule has 0 N–H and O–H groups in total. The van der Waals surface area contributed by atoms with Crippen molar-refractivity contribution in [3.63, 3.8) is 0 Å². The summed E-state index contributed by atoms with van der Waals surface area (Å²) in [7, 11) is 0. The number of aryl methyl sites for hydroxylation is 2. The van der Waals surface area contributed by atoms with Gasteiger partial charge in [0.1, 0.15) is 0 Å². The molecule has 37 heavy (non-hydrogen) atoms. The van der Waals surface area contributed by atoms with Gasteiger partial charge in [-0.3, -0.25) is 0 Å².